The van der Waals surface area contributed by atoms with E-state index in [-0.39, 0.29) is 0 Å². The zero-order valence-corrected chi connectivity index (χ0v) is 17.0. The SMILES string of the molecule is CN1CCC(S(=O)(=O)Nc2ccncc2-c2ccc(C#N)c3ccccc23)CC1. The smallest absolute Gasteiger partial charge is 0.235 e. The van der Waals surface area contributed by atoms with Gasteiger partial charge < -0.3 is 4.90 Å². The van der Waals surface area contributed by atoms with Crippen molar-refractivity contribution < 1.29 is 8.42 Å². The summed E-state index contributed by atoms with van der Waals surface area (Å²) in [6.45, 7) is 1.55. The zero-order valence-electron chi connectivity index (χ0n) is 16.2. The van der Waals surface area contributed by atoms with Crippen molar-refractivity contribution in [2.24, 2.45) is 0 Å². The van der Waals surface area contributed by atoms with Gasteiger partial charge in [-0.3, -0.25) is 9.71 Å². The number of fused-ring (bicyclic) bond motifs is 1. The number of nitriles is 1. The quantitative estimate of drug-likeness (QED) is 0.715. The Morgan fingerprint density at radius 1 is 1.07 bits per heavy atom. The van der Waals surface area contributed by atoms with E-state index in [1.54, 1.807) is 24.5 Å². The average molecular weight is 407 g/mol. The van der Waals surface area contributed by atoms with Crippen molar-refractivity contribution >= 4 is 26.5 Å². The van der Waals surface area contributed by atoms with Crippen molar-refractivity contribution in [1.29, 1.82) is 5.26 Å². The van der Waals surface area contributed by atoms with Gasteiger partial charge in [-0.15, -0.1) is 0 Å². The molecule has 0 unspecified atom stereocenters. The van der Waals surface area contributed by atoms with E-state index in [9.17, 15) is 13.7 Å². The van der Waals surface area contributed by atoms with Crippen LogP contribution in [0.25, 0.3) is 21.9 Å². The van der Waals surface area contributed by atoms with Crippen LogP contribution in [0.5, 0.6) is 0 Å². The van der Waals surface area contributed by atoms with E-state index in [1.165, 1.54) is 0 Å². The van der Waals surface area contributed by atoms with Gasteiger partial charge in [-0.1, -0.05) is 30.3 Å². The molecule has 0 atom stereocenters. The molecule has 6 nitrogen and oxygen atoms in total. The Morgan fingerprint density at radius 2 is 1.79 bits per heavy atom. The van der Waals surface area contributed by atoms with Crippen LogP contribution in [0.3, 0.4) is 0 Å². The Morgan fingerprint density at radius 3 is 2.52 bits per heavy atom. The molecule has 4 rings (SSSR count). The normalized spacial score (nSPS) is 15.9. The second kappa shape index (κ2) is 7.82. The van der Waals surface area contributed by atoms with E-state index in [1.807, 2.05) is 37.4 Å². The number of benzene rings is 2. The summed E-state index contributed by atoms with van der Waals surface area (Å²) in [7, 11) is -1.51. The first kappa shape index (κ1) is 19.4. The van der Waals surface area contributed by atoms with Crippen LogP contribution in [0.15, 0.2) is 54.9 Å². The summed E-state index contributed by atoms with van der Waals surface area (Å²) in [4.78, 5) is 6.36. The van der Waals surface area contributed by atoms with Crippen LogP contribution in [0.2, 0.25) is 0 Å². The summed E-state index contributed by atoms with van der Waals surface area (Å²) in [5.74, 6) is 0. The van der Waals surface area contributed by atoms with Gasteiger partial charge in [0.1, 0.15) is 0 Å². The molecule has 3 aromatic rings. The van der Waals surface area contributed by atoms with Crippen molar-refractivity contribution in [3.05, 3.63) is 60.4 Å². The molecular formula is C22H22N4O2S. The number of sulfonamides is 1. The van der Waals surface area contributed by atoms with Gasteiger partial charge in [-0.2, -0.15) is 5.26 Å². The van der Waals surface area contributed by atoms with Gasteiger partial charge in [-0.05, 0) is 56.1 Å². The van der Waals surface area contributed by atoms with Crippen LogP contribution >= 0.6 is 0 Å². The number of likely N-dealkylation sites (tertiary alicyclic amines) is 1. The maximum Gasteiger partial charge on any atom is 0.235 e. The van der Waals surface area contributed by atoms with E-state index in [4.69, 9.17) is 0 Å². The highest BCUT2D eigenvalue weighted by molar-refractivity contribution is 7.93. The monoisotopic (exact) mass is 406 g/mol. The van der Waals surface area contributed by atoms with E-state index >= 15 is 0 Å². The molecule has 2 heterocycles. The molecule has 1 saturated heterocycles. The highest BCUT2D eigenvalue weighted by Gasteiger charge is 2.29. The standard InChI is InChI=1S/C22H22N4O2S/c1-26-12-9-17(10-13-26)29(27,28)25-22-8-11-24-15-21(22)20-7-6-16(14-23)18-4-2-3-5-19(18)20/h2-8,11,15,17H,9-10,12-13H2,1H3,(H,24,25). The van der Waals surface area contributed by atoms with E-state index in [0.717, 1.165) is 29.4 Å². The largest absolute Gasteiger partial charge is 0.306 e. The minimum atomic E-state index is -3.51. The van der Waals surface area contributed by atoms with Gasteiger partial charge in [0.05, 0.1) is 22.6 Å². The molecular weight excluding hydrogens is 384 g/mol. The minimum absolute atomic E-state index is 0.405. The van der Waals surface area contributed by atoms with Crippen LogP contribution < -0.4 is 4.72 Å². The van der Waals surface area contributed by atoms with Crippen molar-refractivity contribution in [2.45, 2.75) is 18.1 Å². The third-order valence-electron chi connectivity index (χ3n) is 5.51. The molecule has 1 aliphatic rings. The lowest BCUT2D eigenvalue weighted by atomic mass is 9.95. The Kier molecular flexibility index (Phi) is 5.22. The molecule has 0 amide bonds. The van der Waals surface area contributed by atoms with Crippen LogP contribution in [-0.2, 0) is 10.0 Å². The molecule has 29 heavy (non-hydrogen) atoms. The van der Waals surface area contributed by atoms with Crippen LogP contribution in [0.1, 0.15) is 18.4 Å². The lowest BCUT2D eigenvalue weighted by Gasteiger charge is -2.29. The van der Waals surface area contributed by atoms with Crippen LogP contribution in [0.4, 0.5) is 5.69 Å². The highest BCUT2D eigenvalue weighted by atomic mass is 32.2. The summed E-state index contributed by atoms with van der Waals surface area (Å²) in [6, 6.07) is 15.2. The highest BCUT2D eigenvalue weighted by Crippen LogP contribution is 2.35. The predicted octanol–water partition coefficient (Wildman–Crippen LogP) is 3.61. The molecule has 1 aromatic heterocycles. The number of piperidine rings is 1. The number of aromatic nitrogens is 1. The van der Waals surface area contributed by atoms with Gasteiger partial charge in [-0.25, -0.2) is 8.42 Å². The van der Waals surface area contributed by atoms with E-state index in [2.05, 4.69) is 20.7 Å². The molecule has 0 radical (unpaired) electrons. The molecule has 2 aromatic carbocycles. The third-order valence-corrected chi connectivity index (χ3v) is 7.37. The topological polar surface area (TPSA) is 86.1 Å². The Labute approximate surface area is 170 Å². The molecule has 1 fully saturated rings. The number of hydrogen-bond donors (Lipinski definition) is 1. The number of nitrogens with one attached hydrogen (secondary N) is 1. The van der Waals surface area contributed by atoms with Crippen LogP contribution in [0, 0.1) is 11.3 Å². The second-order valence-corrected chi connectivity index (χ2v) is 9.35. The molecule has 0 bridgehead atoms. The number of hydrogen-bond acceptors (Lipinski definition) is 5. The maximum absolute atomic E-state index is 13.0. The average Bonchev–Trinajstić information content (AvgIpc) is 2.73. The van der Waals surface area contributed by atoms with Crippen LogP contribution in [-0.4, -0.2) is 43.7 Å². The van der Waals surface area contributed by atoms with Crippen molar-refractivity contribution in [3.8, 4) is 17.2 Å². The molecule has 0 spiro atoms. The molecule has 1 N–H and O–H groups in total. The summed E-state index contributed by atoms with van der Waals surface area (Å²) < 4.78 is 28.8. The van der Waals surface area contributed by atoms with Crippen molar-refractivity contribution in [2.75, 3.05) is 24.9 Å². The lowest BCUT2D eigenvalue weighted by molar-refractivity contribution is 0.278. The first-order valence-corrected chi connectivity index (χ1v) is 11.1. The van der Waals surface area contributed by atoms with Crippen molar-refractivity contribution in [1.82, 2.24) is 9.88 Å². The van der Waals surface area contributed by atoms with Gasteiger partial charge in [0.2, 0.25) is 10.0 Å². The fourth-order valence-corrected chi connectivity index (χ4v) is 5.34. The summed E-state index contributed by atoms with van der Waals surface area (Å²) in [6.07, 6.45) is 4.49. The number of rotatable bonds is 4. The molecule has 0 saturated carbocycles. The van der Waals surface area contributed by atoms with Gasteiger partial charge in [0, 0.05) is 23.3 Å². The van der Waals surface area contributed by atoms with Crippen molar-refractivity contribution in [3.63, 3.8) is 0 Å². The number of nitrogens with zero attached hydrogens (tertiary/aromatic N) is 3. The lowest BCUT2D eigenvalue weighted by Crippen LogP contribution is -2.39. The Bertz CT molecular complexity index is 1190. The molecule has 1 aliphatic heterocycles. The predicted molar refractivity (Wildman–Crippen MR) is 115 cm³/mol. The summed E-state index contributed by atoms with van der Waals surface area (Å²) >= 11 is 0. The fraction of sp³-hybridized carbons (Fsp3) is 0.273. The minimum Gasteiger partial charge on any atom is -0.306 e. The first-order chi connectivity index (χ1) is 14.0. The first-order valence-electron chi connectivity index (χ1n) is 9.56. The van der Waals surface area contributed by atoms with E-state index < -0.39 is 15.3 Å². The second-order valence-electron chi connectivity index (χ2n) is 7.39. The van der Waals surface area contributed by atoms with Gasteiger partial charge >= 0.3 is 0 Å². The Hall–Kier alpha value is -2.95. The number of pyridine rings is 1. The molecule has 0 aliphatic carbocycles. The number of anilines is 1. The fourth-order valence-electron chi connectivity index (χ4n) is 3.86. The molecule has 7 heteroatoms. The van der Waals surface area contributed by atoms with E-state index in [0.29, 0.717) is 29.7 Å². The van der Waals surface area contributed by atoms with Gasteiger partial charge in [0.15, 0.2) is 0 Å². The summed E-state index contributed by atoms with van der Waals surface area (Å²) in [5.41, 5.74) is 2.63. The zero-order chi connectivity index (χ0) is 20.4. The Balaban J connectivity index is 1.76. The maximum atomic E-state index is 13.0. The summed E-state index contributed by atoms with van der Waals surface area (Å²) in [5, 5.41) is 10.7. The third kappa shape index (κ3) is 3.82. The molecule has 148 valence electrons. The van der Waals surface area contributed by atoms with Gasteiger partial charge in [0.25, 0.3) is 0 Å².